The Labute approximate surface area is 162 Å². The summed E-state index contributed by atoms with van der Waals surface area (Å²) in [6, 6.07) is 4.91. The molecule has 28 heavy (non-hydrogen) atoms. The minimum Gasteiger partial charge on any atom is -0.313 e. The van der Waals surface area contributed by atoms with Crippen LogP contribution in [-0.4, -0.2) is 53.7 Å². The standard InChI is InChI=1S/C20H22N4O4/c25-16-5-4-15(18(26)23-16)24-19(27)12-3-1-2-10(17(12)20(24)28)7-21-9-13-11-6-14(13)22-8-11/h1-3,11,13-15,21-22H,4-9H2,(H,23,25,26)/t11-,13+,14-,15?/m0/s1. The molecular weight excluding hydrogens is 360 g/mol. The first kappa shape index (κ1) is 17.5. The average molecular weight is 382 g/mol. The summed E-state index contributed by atoms with van der Waals surface area (Å²) in [5, 5.41) is 9.14. The molecule has 5 aliphatic rings. The lowest BCUT2D eigenvalue weighted by Crippen LogP contribution is -2.54. The molecule has 2 bridgehead atoms. The van der Waals surface area contributed by atoms with Gasteiger partial charge in [-0.2, -0.15) is 0 Å². The lowest BCUT2D eigenvalue weighted by atomic mass is 9.74. The van der Waals surface area contributed by atoms with Gasteiger partial charge in [0.2, 0.25) is 11.8 Å². The van der Waals surface area contributed by atoms with E-state index in [2.05, 4.69) is 16.0 Å². The zero-order chi connectivity index (χ0) is 19.4. The molecule has 1 saturated carbocycles. The maximum atomic E-state index is 13.0. The SMILES string of the molecule is O=C1CCC(N2C(=O)c3cccc(CNC[C@@H]4[C@@H]5CN[C@H]4C5)c3C2=O)C(=O)N1. The number of piperidine rings is 1. The van der Waals surface area contributed by atoms with Gasteiger partial charge in [-0.15, -0.1) is 0 Å². The van der Waals surface area contributed by atoms with Crippen LogP contribution in [0.4, 0.5) is 0 Å². The van der Waals surface area contributed by atoms with Gasteiger partial charge in [-0.1, -0.05) is 12.1 Å². The van der Waals surface area contributed by atoms with Gasteiger partial charge in [0.05, 0.1) is 11.1 Å². The lowest BCUT2D eigenvalue weighted by molar-refractivity contribution is -0.136. The Hall–Kier alpha value is -2.58. The number of carbonyl (C=O) groups excluding carboxylic acids is 4. The van der Waals surface area contributed by atoms with Crippen LogP contribution in [0.25, 0.3) is 0 Å². The number of rotatable bonds is 5. The van der Waals surface area contributed by atoms with Gasteiger partial charge in [0, 0.05) is 25.6 Å². The van der Waals surface area contributed by atoms with Crippen molar-refractivity contribution in [2.75, 3.05) is 13.1 Å². The number of imide groups is 2. The van der Waals surface area contributed by atoms with E-state index in [0.717, 1.165) is 29.5 Å². The Kier molecular flexibility index (Phi) is 4.06. The molecule has 1 aromatic rings. The number of nitrogens with zero attached hydrogens (tertiary/aromatic N) is 1. The number of benzene rings is 1. The highest BCUT2D eigenvalue weighted by atomic mass is 16.2. The highest BCUT2D eigenvalue weighted by Gasteiger charge is 2.47. The van der Waals surface area contributed by atoms with E-state index < -0.39 is 23.8 Å². The molecule has 4 aliphatic heterocycles. The maximum absolute atomic E-state index is 13.0. The number of amides is 4. The van der Waals surface area contributed by atoms with E-state index in [4.69, 9.17) is 0 Å². The molecule has 4 atom stereocenters. The van der Waals surface area contributed by atoms with Crippen molar-refractivity contribution >= 4 is 23.6 Å². The topological polar surface area (TPSA) is 108 Å². The Balaban J connectivity index is 1.33. The van der Waals surface area contributed by atoms with E-state index >= 15 is 0 Å². The zero-order valence-electron chi connectivity index (χ0n) is 15.4. The summed E-state index contributed by atoms with van der Waals surface area (Å²) >= 11 is 0. The van der Waals surface area contributed by atoms with Crippen molar-refractivity contribution in [1.29, 1.82) is 0 Å². The minimum absolute atomic E-state index is 0.121. The van der Waals surface area contributed by atoms with Gasteiger partial charge in [-0.25, -0.2) is 0 Å². The van der Waals surface area contributed by atoms with Crippen LogP contribution in [0.2, 0.25) is 0 Å². The summed E-state index contributed by atoms with van der Waals surface area (Å²) in [6.45, 7) is 2.47. The molecular formula is C20H22N4O4. The highest BCUT2D eigenvalue weighted by molar-refractivity contribution is 6.24. The molecule has 3 N–H and O–H groups in total. The molecule has 4 heterocycles. The van der Waals surface area contributed by atoms with Crippen LogP contribution in [0.3, 0.4) is 0 Å². The molecule has 1 aromatic carbocycles. The molecule has 8 nitrogen and oxygen atoms in total. The van der Waals surface area contributed by atoms with Gasteiger partial charge >= 0.3 is 0 Å². The quantitative estimate of drug-likeness (QED) is 0.608. The molecule has 3 saturated heterocycles. The van der Waals surface area contributed by atoms with Crippen molar-refractivity contribution in [1.82, 2.24) is 20.9 Å². The maximum Gasteiger partial charge on any atom is 0.262 e. The van der Waals surface area contributed by atoms with E-state index in [1.54, 1.807) is 12.1 Å². The molecule has 1 aliphatic carbocycles. The molecule has 4 amide bonds. The van der Waals surface area contributed by atoms with Crippen molar-refractivity contribution in [3.8, 4) is 0 Å². The van der Waals surface area contributed by atoms with Crippen LogP contribution in [0.5, 0.6) is 0 Å². The van der Waals surface area contributed by atoms with Gasteiger partial charge in [0.1, 0.15) is 6.04 Å². The van der Waals surface area contributed by atoms with Crippen LogP contribution < -0.4 is 16.0 Å². The van der Waals surface area contributed by atoms with E-state index in [0.29, 0.717) is 29.6 Å². The fourth-order valence-electron chi connectivity index (χ4n) is 5.00. The smallest absolute Gasteiger partial charge is 0.262 e. The Bertz CT molecular complexity index is 884. The van der Waals surface area contributed by atoms with Crippen molar-refractivity contribution in [2.24, 2.45) is 11.8 Å². The second kappa shape index (κ2) is 6.49. The number of carbonyl (C=O) groups is 4. The first-order chi connectivity index (χ1) is 13.5. The Morgan fingerprint density at radius 2 is 2.00 bits per heavy atom. The van der Waals surface area contributed by atoms with E-state index in [9.17, 15) is 19.2 Å². The fourth-order valence-corrected chi connectivity index (χ4v) is 5.00. The monoisotopic (exact) mass is 382 g/mol. The van der Waals surface area contributed by atoms with Crippen LogP contribution in [0, 0.1) is 11.8 Å². The van der Waals surface area contributed by atoms with Crippen LogP contribution >= 0.6 is 0 Å². The van der Waals surface area contributed by atoms with E-state index in [-0.39, 0.29) is 18.7 Å². The third-order valence-corrected chi connectivity index (χ3v) is 6.57. The predicted molar refractivity (Wildman–Crippen MR) is 98.2 cm³/mol. The van der Waals surface area contributed by atoms with Gasteiger partial charge in [0.25, 0.3) is 11.8 Å². The molecule has 1 unspecified atom stereocenters. The van der Waals surface area contributed by atoms with Gasteiger partial charge in [-0.3, -0.25) is 29.4 Å². The lowest BCUT2D eigenvalue weighted by Gasteiger charge is -2.34. The molecule has 0 aromatic heterocycles. The molecule has 6 rings (SSSR count). The minimum atomic E-state index is -0.928. The zero-order valence-corrected chi connectivity index (χ0v) is 15.4. The summed E-state index contributed by atoms with van der Waals surface area (Å²) in [6.07, 6.45) is 1.54. The summed E-state index contributed by atoms with van der Waals surface area (Å²) in [5.74, 6) is -0.491. The van der Waals surface area contributed by atoms with E-state index in [1.165, 1.54) is 6.42 Å². The van der Waals surface area contributed by atoms with Crippen LogP contribution in [0.1, 0.15) is 45.5 Å². The van der Waals surface area contributed by atoms with Gasteiger partial charge in [-0.05, 0) is 42.9 Å². The summed E-state index contributed by atoms with van der Waals surface area (Å²) in [5.41, 5.74) is 1.48. The van der Waals surface area contributed by atoms with Crippen LogP contribution in [0.15, 0.2) is 18.2 Å². The highest BCUT2D eigenvalue weighted by Crippen LogP contribution is 2.39. The van der Waals surface area contributed by atoms with Crippen molar-refractivity contribution in [3.63, 3.8) is 0 Å². The molecule has 4 fully saturated rings. The number of nitrogens with one attached hydrogen (secondary N) is 3. The fraction of sp³-hybridized carbons (Fsp3) is 0.500. The van der Waals surface area contributed by atoms with Crippen molar-refractivity contribution in [3.05, 3.63) is 34.9 Å². The summed E-state index contributed by atoms with van der Waals surface area (Å²) in [7, 11) is 0. The third kappa shape index (κ3) is 2.59. The summed E-state index contributed by atoms with van der Waals surface area (Å²) in [4.78, 5) is 50.5. The van der Waals surface area contributed by atoms with Gasteiger partial charge < -0.3 is 10.6 Å². The second-order valence-corrected chi connectivity index (χ2v) is 8.09. The van der Waals surface area contributed by atoms with Crippen molar-refractivity contribution < 1.29 is 19.2 Å². The first-order valence-electron chi connectivity index (χ1n) is 9.82. The predicted octanol–water partition coefficient (Wildman–Crippen LogP) is -0.215. The van der Waals surface area contributed by atoms with Crippen molar-refractivity contribution in [2.45, 2.75) is 37.9 Å². The third-order valence-electron chi connectivity index (χ3n) is 6.57. The normalized spacial score (nSPS) is 31.1. The van der Waals surface area contributed by atoms with Gasteiger partial charge in [0.15, 0.2) is 0 Å². The second-order valence-electron chi connectivity index (χ2n) is 8.09. The number of hydrogen-bond donors (Lipinski definition) is 3. The molecule has 8 heteroatoms. The average Bonchev–Trinajstić information content (AvgIpc) is 3.36. The molecule has 146 valence electrons. The molecule has 0 spiro atoms. The molecule has 0 radical (unpaired) electrons. The van der Waals surface area contributed by atoms with Crippen LogP contribution in [-0.2, 0) is 16.1 Å². The number of hydrogen-bond acceptors (Lipinski definition) is 6. The number of fused-ring (bicyclic) bond motifs is 2. The summed E-state index contributed by atoms with van der Waals surface area (Å²) < 4.78 is 0. The first-order valence-corrected chi connectivity index (χ1v) is 9.82. The Morgan fingerprint density at radius 3 is 2.71 bits per heavy atom. The Morgan fingerprint density at radius 1 is 1.14 bits per heavy atom. The largest absolute Gasteiger partial charge is 0.313 e. The van der Waals surface area contributed by atoms with E-state index in [1.807, 2.05) is 6.07 Å².